The molecular formula is C12H13N5O. The summed E-state index contributed by atoms with van der Waals surface area (Å²) in [5.41, 5.74) is 2.45. The van der Waals surface area contributed by atoms with Crippen LogP contribution in [0.5, 0.6) is 0 Å². The molecule has 0 aromatic carbocycles. The Balaban J connectivity index is 2.12. The second-order valence-corrected chi connectivity index (χ2v) is 4.17. The zero-order valence-corrected chi connectivity index (χ0v) is 10.00. The van der Waals surface area contributed by atoms with Gasteiger partial charge in [-0.3, -0.25) is 4.79 Å². The molecule has 0 aliphatic rings. The Morgan fingerprint density at radius 3 is 3.06 bits per heavy atom. The van der Waals surface area contributed by atoms with Crippen molar-refractivity contribution in [2.75, 3.05) is 0 Å². The molecule has 3 rings (SSSR count). The molecule has 0 atom stereocenters. The molecular weight excluding hydrogens is 230 g/mol. The molecule has 3 aromatic heterocycles. The van der Waals surface area contributed by atoms with E-state index in [-0.39, 0.29) is 5.56 Å². The maximum absolute atomic E-state index is 11.3. The Labute approximate surface area is 103 Å². The van der Waals surface area contributed by atoms with Crippen LogP contribution in [-0.4, -0.2) is 24.4 Å². The van der Waals surface area contributed by atoms with Crippen LogP contribution in [0, 0.1) is 0 Å². The van der Waals surface area contributed by atoms with Gasteiger partial charge < -0.3 is 4.98 Å². The van der Waals surface area contributed by atoms with Crippen molar-refractivity contribution in [1.29, 1.82) is 0 Å². The molecule has 18 heavy (non-hydrogen) atoms. The number of fused-ring (bicyclic) bond motifs is 1. The molecule has 0 spiro atoms. The van der Waals surface area contributed by atoms with Gasteiger partial charge in [0.2, 0.25) is 0 Å². The van der Waals surface area contributed by atoms with Crippen molar-refractivity contribution in [3.63, 3.8) is 0 Å². The molecule has 1 N–H and O–H groups in total. The first-order valence-corrected chi connectivity index (χ1v) is 5.88. The summed E-state index contributed by atoms with van der Waals surface area (Å²) in [5, 5.41) is 8.48. The van der Waals surface area contributed by atoms with Crippen LogP contribution in [0.4, 0.5) is 0 Å². The van der Waals surface area contributed by atoms with Crippen LogP contribution in [-0.2, 0) is 6.42 Å². The Bertz CT molecular complexity index is 736. The summed E-state index contributed by atoms with van der Waals surface area (Å²) in [7, 11) is 0. The van der Waals surface area contributed by atoms with Crippen LogP contribution >= 0.6 is 0 Å². The maximum Gasteiger partial charge on any atom is 0.251 e. The van der Waals surface area contributed by atoms with E-state index in [9.17, 15) is 4.79 Å². The van der Waals surface area contributed by atoms with E-state index in [1.54, 1.807) is 21.6 Å². The molecule has 0 radical (unpaired) electrons. The van der Waals surface area contributed by atoms with E-state index in [0.717, 1.165) is 18.5 Å². The average Bonchev–Trinajstić information content (AvgIpc) is 2.95. The second-order valence-electron chi connectivity index (χ2n) is 4.17. The summed E-state index contributed by atoms with van der Waals surface area (Å²) in [5.74, 6) is 0. The summed E-state index contributed by atoms with van der Waals surface area (Å²) in [6.45, 7) is 2.13. The van der Waals surface area contributed by atoms with E-state index < -0.39 is 0 Å². The molecule has 0 unspecified atom stereocenters. The predicted molar refractivity (Wildman–Crippen MR) is 66.9 cm³/mol. The van der Waals surface area contributed by atoms with Crippen molar-refractivity contribution in [1.82, 2.24) is 24.4 Å². The molecule has 6 heteroatoms. The monoisotopic (exact) mass is 243 g/mol. The molecule has 0 bridgehead atoms. The van der Waals surface area contributed by atoms with Gasteiger partial charge in [-0.15, -0.1) is 0 Å². The lowest BCUT2D eigenvalue weighted by Gasteiger charge is -1.97. The van der Waals surface area contributed by atoms with Crippen molar-refractivity contribution < 1.29 is 0 Å². The Morgan fingerprint density at radius 2 is 2.22 bits per heavy atom. The number of nitrogens with one attached hydrogen (secondary N) is 1. The fourth-order valence-electron chi connectivity index (χ4n) is 1.96. The number of aromatic nitrogens is 5. The SMILES string of the molecule is CCCc1cnn(-c2cnn3ccc(=O)[nH]c23)c1. The van der Waals surface area contributed by atoms with Gasteiger partial charge in [0.1, 0.15) is 5.69 Å². The minimum absolute atomic E-state index is 0.148. The number of hydrogen-bond acceptors (Lipinski definition) is 3. The number of aryl methyl sites for hydroxylation is 1. The smallest absolute Gasteiger partial charge is 0.251 e. The third-order valence-electron chi connectivity index (χ3n) is 2.81. The van der Waals surface area contributed by atoms with E-state index >= 15 is 0 Å². The molecule has 92 valence electrons. The topological polar surface area (TPSA) is 68.0 Å². The molecule has 3 heterocycles. The van der Waals surface area contributed by atoms with Gasteiger partial charge in [-0.2, -0.15) is 10.2 Å². The highest BCUT2D eigenvalue weighted by Crippen LogP contribution is 2.12. The number of rotatable bonds is 3. The number of nitrogens with zero attached hydrogens (tertiary/aromatic N) is 4. The second kappa shape index (κ2) is 4.14. The van der Waals surface area contributed by atoms with Crippen LogP contribution < -0.4 is 5.56 Å². The zero-order valence-electron chi connectivity index (χ0n) is 10.00. The van der Waals surface area contributed by atoms with Gasteiger partial charge in [-0.05, 0) is 12.0 Å². The first-order chi connectivity index (χ1) is 8.78. The van der Waals surface area contributed by atoms with Gasteiger partial charge in [0.05, 0.1) is 12.4 Å². The third kappa shape index (κ3) is 1.71. The number of H-pyrrole nitrogens is 1. The largest absolute Gasteiger partial charge is 0.305 e. The van der Waals surface area contributed by atoms with Gasteiger partial charge in [0.25, 0.3) is 5.56 Å². The van der Waals surface area contributed by atoms with E-state index in [1.165, 1.54) is 11.6 Å². The standard InChI is InChI=1S/C12H13N5O/c1-2-3-9-6-13-17(8-9)10-7-14-16-5-4-11(18)15-12(10)16/h4-8H,2-3H2,1H3,(H,15,18). The quantitative estimate of drug-likeness (QED) is 0.750. The lowest BCUT2D eigenvalue weighted by molar-refractivity contribution is 0.879. The van der Waals surface area contributed by atoms with Crippen LogP contribution in [0.3, 0.4) is 0 Å². The van der Waals surface area contributed by atoms with Crippen molar-refractivity contribution in [2.24, 2.45) is 0 Å². The van der Waals surface area contributed by atoms with Gasteiger partial charge in [-0.1, -0.05) is 13.3 Å². The minimum atomic E-state index is -0.148. The third-order valence-corrected chi connectivity index (χ3v) is 2.81. The molecule has 6 nitrogen and oxygen atoms in total. The normalized spacial score (nSPS) is 11.2. The molecule has 0 amide bonds. The molecule has 3 aromatic rings. The number of aromatic amines is 1. The van der Waals surface area contributed by atoms with Crippen molar-refractivity contribution in [2.45, 2.75) is 19.8 Å². The van der Waals surface area contributed by atoms with E-state index in [2.05, 4.69) is 22.1 Å². The van der Waals surface area contributed by atoms with Crippen molar-refractivity contribution >= 4 is 5.65 Å². The Morgan fingerprint density at radius 1 is 1.33 bits per heavy atom. The lowest BCUT2D eigenvalue weighted by Crippen LogP contribution is -2.07. The Hall–Kier alpha value is -2.37. The summed E-state index contributed by atoms with van der Waals surface area (Å²) in [4.78, 5) is 14.1. The van der Waals surface area contributed by atoms with E-state index in [0.29, 0.717) is 5.65 Å². The van der Waals surface area contributed by atoms with Crippen LogP contribution in [0.25, 0.3) is 11.3 Å². The summed E-state index contributed by atoms with van der Waals surface area (Å²) in [6, 6.07) is 1.44. The molecule has 0 fully saturated rings. The lowest BCUT2D eigenvalue weighted by atomic mass is 10.2. The van der Waals surface area contributed by atoms with Gasteiger partial charge in [0.15, 0.2) is 5.65 Å². The van der Waals surface area contributed by atoms with Crippen LogP contribution in [0.1, 0.15) is 18.9 Å². The van der Waals surface area contributed by atoms with E-state index in [1.807, 2.05) is 12.4 Å². The fourth-order valence-corrected chi connectivity index (χ4v) is 1.96. The Kier molecular flexibility index (Phi) is 2.47. The maximum atomic E-state index is 11.3. The molecule has 0 saturated carbocycles. The van der Waals surface area contributed by atoms with E-state index in [4.69, 9.17) is 0 Å². The predicted octanol–water partition coefficient (Wildman–Crippen LogP) is 1.16. The van der Waals surface area contributed by atoms with Gasteiger partial charge in [0, 0.05) is 18.5 Å². The molecule has 0 aliphatic carbocycles. The fraction of sp³-hybridized carbons (Fsp3) is 0.250. The highest BCUT2D eigenvalue weighted by atomic mass is 16.1. The zero-order chi connectivity index (χ0) is 12.5. The number of hydrogen-bond donors (Lipinski definition) is 1. The summed E-state index contributed by atoms with van der Waals surface area (Å²) in [6.07, 6.45) is 9.20. The van der Waals surface area contributed by atoms with Crippen LogP contribution in [0.15, 0.2) is 35.6 Å². The molecule has 0 saturated heterocycles. The van der Waals surface area contributed by atoms with Crippen molar-refractivity contribution in [3.8, 4) is 5.69 Å². The van der Waals surface area contributed by atoms with Gasteiger partial charge in [-0.25, -0.2) is 9.20 Å². The first kappa shape index (κ1) is 10.8. The summed E-state index contributed by atoms with van der Waals surface area (Å²) < 4.78 is 3.36. The minimum Gasteiger partial charge on any atom is -0.305 e. The summed E-state index contributed by atoms with van der Waals surface area (Å²) >= 11 is 0. The first-order valence-electron chi connectivity index (χ1n) is 5.88. The van der Waals surface area contributed by atoms with Crippen molar-refractivity contribution in [3.05, 3.63) is 46.8 Å². The molecule has 0 aliphatic heterocycles. The highest BCUT2D eigenvalue weighted by Gasteiger charge is 2.08. The van der Waals surface area contributed by atoms with Crippen LogP contribution in [0.2, 0.25) is 0 Å². The average molecular weight is 243 g/mol. The highest BCUT2D eigenvalue weighted by molar-refractivity contribution is 5.56. The van der Waals surface area contributed by atoms with Gasteiger partial charge >= 0.3 is 0 Å².